The fourth-order valence-electron chi connectivity index (χ4n) is 3.08. The molecule has 1 fully saturated rings. The molecule has 0 saturated carbocycles. The summed E-state index contributed by atoms with van der Waals surface area (Å²) in [5.41, 5.74) is -0.432. The molecule has 0 aromatic rings. The van der Waals surface area contributed by atoms with E-state index in [9.17, 15) is 4.79 Å². The molecule has 28 heavy (non-hydrogen) atoms. The molecule has 1 unspecified atom stereocenters. The van der Waals surface area contributed by atoms with Crippen LogP contribution in [0.5, 0.6) is 0 Å². The number of guanidine groups is 1. The number of likely N-dealkylation sites (tertiary alicyclic amines) is 1. The summed E-state index contributed by atoms with van der Waals surface area (Å²) in [6.45, 7) is 12.0. The summed E-state index contributed by atoms with van der Waals surface area (Å²) >= 11 is 1.89. The number of unbranched alkanes of at least 4 members (excludes halogenated alkanes) is 1. The number of rotatable bonds is 9. The number of thioether (sulfide) groups is 1. The number of amides is 1. The zero-order chi connectivity index (χ0) is 20.1. The van der Waals surface area contributed by atoms with Crippen molar-refractivity contribution in [2.24, 2.45) is 10.9 Å². The van der Waals surface area contributed by atoms with Gasteiger partial charge in [0.15, 0.2) is 5.96 Å². The van der Waals surface area contributed by atoms with Crippen LogP contribution in [0.3, 0.4) is 0 Å². The monoisotopic (exact) mass is 528 g/mol. The van der Waals surface area contributed by atoms with Gasteiger partial charge >= 0.3 is 6.09 Å². The molecule has 0 aliphatic carbocycles. The number of hydrogen-bond acceptors (Lipinski definition) is 4. The van der Waals surface area contributed by atoms with Gasteiger partial charge < -0.3 is 20.3 Å². The summed E-state index contributed by atoms with van der Waals surface area (Å²) < 4.78 is 5.51. The third-order valence-corrected chi connectivity index (χ3v) is 5.08. The second-order valence-corrected chi connectivity index (χ2v) is 9.10. The van der Waals surface area contributed by atoms with E-state index in [0.717, 1.165) is 57.9 Å². The van der Waals surface area contributed by atoms with Gasteiger partial charge in [-0.25, -0.2) is 4.79 Å². The molecular formula is C20H41IN4O2S. The Morgan fingerprint density at radius 1 is 1.29 bits per heavy atom. The standard InChI is InChI=1S/C20H40N4O2S.HI/c1-6-21-18(22-12-7-8-15-27-5)23-13-11-17-10-9-14-24(16-17)19(25)26-20(2,3)4;/h17H,6-16H2,1-5H3,(H2,21,22,23);1H. The lowest BCUT2D eigenvalue weighted by Crippen LogP contribution is -2.44. The van der Waals surface area contributed by atoms with Crippen molar-refractivity contribution < 1.29 is 9.53 Å². The summed E-state index contributed by atoms with van der Waals surface area (Å²) in [7, 11) is 0. The van der Waals surface area contributed by atoms with Gasteiger partial charge in [-0.3, -0.25) is 4.99 Å². The Morgan fingerprint density at radius 3 is 2.68 bits per heavy atom. The van der Waals surface area contributed by atoms with Crippen molar-refractivity contribution in [3.05, 3.63) is 0 Å². The Hall–Kier alpha value is -0.380. The van der Waals surface area contributed by atoms with Crippen LogP contribution < -0.4 is 10.6 Å². The van der Waals surface area contributed by atoms with E-state index in [1.54, 1.807) is 0 Å². The van der Waals surface area contributed by atoms with Crippen molar-refractivity contribution in [2.75, 3.05) is 44.7 Å². The SMILES string of the molecule is CCNC(=NCCCCSC)NCCC1CCCN(C(=O)OC(C)(C)C)C1.I. The van der Waals surface area contributed by atoms with Gasteiger partial charge in [-0.1, -0.05) is 0 Å². The van der Waals surface area contributed by atoms with Crippen LogP contribution in [-0.4, -0.2) is 67.3 Å². The van der Waals surface area contributed by atoms with Crippen molar-refractivity contribution in [3.8, 4) is 0 Å². The summed E-state index contributed by atoms with van der Waals surface area (Å²) in [6.07, 6.45) is 7.56. The Bertz CT molecular complexity index is 458. The van der Waals surface area contributed by atoms with Gasteiger partial charge in [0.2, 0.25) is 0 Å². The molecule has 166 valence electrons. The zero-order valence-corrected chi connectivity index (χ0v) is 21.5. The average Bonchev–Trinajstić information content (AvgIpc) is 2.60. The maximum atomic E-state index is 12.3. The molecule has 1 saturated heterocycles. The fraction of sp³-hybridized carbons (Fsp3) is 0.900. The number of piperidine rings is 1. The van der Waals surface area contributed by atoms with Crippen molar-refractivity contribution in [1.29, 1.82) is 0 Å². The first-order valence-corrected chi connectivity index (χ1v) is 11.7. The van der Waals surface area contributed by atoms with Crippen molar-refractivity contribution in [1.82, 2.24) is 15.5 Å². The number of carbonyl (C=O) groups is 1. The predicted octanol–water partition coefficient (Wildman–Crippen LogP) is 4.34. The van der Waals surface area contributed by atoms with Gasteiger partial charge in [0.05, 0.1) is 0 Å². The highest BCUT2D eigenvalue weighted by Gasteiger charge is 2.27. The second-order valence-electron chi connectivity index (χ2n) is 8.11. The van der Waals surface area contributed by atoms with Gasteiger partial charge in [-0.15, -0.1) is 24.0 Å². The molecule has 1 aliphatic heterocycles. The molecular weight excluding hydrogens is 487 g/mol. The van der Waals surface area contributed by atoms with Crippen molar-refractivity contribution >= 4 is 47.8 Å². The van der Waals surface area contributed by atoms with Gasteiger partial charge in [-0.05, 0) is 77.7 Å². The highest BCUT2D eigenvalue weighted by molar-refractivity contribution is 14.0. The molecule has 0 aromatic carbocycles. The number of aliphatic imine (C=N–C) groups is 1. The molecule has 1 rings (SSSR count). The van der Waals surface area contributed by atoms with E-state index in [4.69, 9.17) is 4.74 Å². The third-order valence-electron chi connectivity index (χ3n) is 4.39. The Morgan fingerprint density at radius 2 is 2.04 bits per heavy atom. The van der Waals surface area contributed by atoms with Gasteiger partial charge in [0, 0.05) is 32.7 Å². The summed E-state index contributed by atoms with van der Waals surface area (Å²) in [5, 5.41) is 6.75. The Balaban J connectivity index is 0.00000729. The van der Waals surface area contributed by atoms with Crippen LogP contribution in [0.25, 0.3) is 0 Å². The van der Waals surface area contributed by atoms with E-state index in [1.165, 1.54) is 18.6 Å². The number of hydrogen-bond donors (Lipinski definition) is 2. The Labute approximate surface area is 193 Å². The smallest absolute Gasteiger partial charge is 0.410 e. The average molecular weight is 529 g/mol. The number of nitrogens with one attached hydrogen (secondary N) is 2. The summed E-state index contributed by atoms with van der Waals surface area (Å²) in [6, 6.07) is 0. The minimum atomic E-state index is -0.432. The summed E-state index contributed by atoms with van der Waals surface area (Å²) in [5.74, 6) is 2.62. The molecule has 1 atom stereocenters. The normalized spacial score (nSPS) is 17.7. The highest BCUT2D eigenvalue weighted by atomic mass is 127. The van der Waals surface area contributed by atoms with Crippen LogP contribution in [0.2, 0.25) is 0 Å². The number of carbonyl (C=O) groups excluding carboxylic acids is 1. The molecule has 6 nitrogen and oxygen atoms in total. The molecule has 1 heterocycles. The maximum absolute atomic E-state index is 12.3. The van der Waals surface area contributed by atoms with Crippen LogP contribution in [0.1, 0.15) is 59.8 Å². The van der Waals surface area contributed by atoms with Crippen LogP contribution in [0, 0.1) is 5.92 Å². The van der Waals surface area contributed by atoms with Crippen LogP contribution in [0.4, 0.5) is 4.79 Å². The van der Waals surface area contributed by atoms with E-state index in [0.29, 0.717) is 5.92 Å². The first-order valence-electron chi connectivity index (χ1n) is 10.3. The van der Waals surface area contributed by atoms with Gasteiger partial charge in [0.25, 0.3) is 0 Å². The van der Waals surface area contributed by atoms with Crippen LogP contribution in [-0.2, 0) is 4.74 Å². The molecule has 8 heteroatoms. The van der Waals surface area contributed by atoms with E-state index >= 15 is 0 Å². The molecule has 0 aromatic heterocycles. The minimum Gasteiger partial charge on any atom is -0.444 e. The van der Waals surface area contributed by atoms with Crippen molar-refractivity contribution in [3.63, 3.8) is 0 Å². The zero-order valence-electron chi connectivity index (χ0n) is 18.4. The number of halogens is 1. The Kier molecular flexibility index (Phi) is 15.2. The van der Waals surface area contributed by atoms with Crippen LogP contribution >= 0.6 is 35.7 Å². The molecule has 2 N–H and O–H groups in total. The fourth-order valence-corrected chi connectivity index (χ4v) is 3.57. The second kappa shape index (κ2) is 15.5. The first-order chi connectivity index (χ1) is 12.9. The number of ether oxygens (including phenoxy) is 1. The first kappa shape index (κ1) is 27.6. The van der Waals surface area contributed by atoms with E-state index < -0.39 is 5.60 Å². The van der Waals surface area contributed by atoms with Crippen molar-refractivity contribution in [2.45, 2.75) is 65.4 Å². The number of nitrogens with zero attached hydrogens (tertiary/aromatic N) is 2. The molecule has 1 amide bonds. The maximum Gasteiger partial charge on any atom is 0.410 e. The van der Waals surface area contributed by atoms with Crippen LogP contribution in [0.15, 0.2) is 4.99 Å². The lowest BCUT2D eigenvalue weighted by Gasteiger charge is -2.34. The molecule has 0 spiro atoms. The molecule has 0 bridgehead atoms. The topological polar surface area (TPSA) is 66.0 Å². The van der Waals surface area contributed by atoms with E-state index in [2.05, 4.69) is 28.8 Å². The third kappa shape index (κ3) is 13.0. The largest absolute Gasteiger partial charge is 0.444 e. The molecule has 0 radical (unpaired) electrons. The van der Waals surface area contributed by atoms with Gasteiger partial charge in [-0.2, -0.15) is 11.8 Å². The lowest BCUT2D eigenvalue weighted by molar-refractivity contribution is 0.0162. The minimum absolute atomic E-state index is 0. The summed E-state index contributed by atoms with van der Waals surface area (Å²) in [4.78, 5) is 18.8. The van der Waals surface area contributed by atoms with E-state index in [1.807, 2.05) is 37.4 Å². The lowest BCUT2D eigenvalue weighted by atomic mass is 9.95. The highest BCUT2D eigenvalue weighted by Crippen LogP contribution is 2.21. The quantitative estimate of drug-likeness (QED) is 0.202. The predicted molar refractivity (Wildman–Crippen MR) is 132 cm³/mol. The molecule has 1 aliphatic rings. The van der Waals surface area contributed by atoms with Gasteiger partial charge in [0.1, 0.15) is 5.60 Å². The van der Waals surface area contributed by atoms with E-state index in [-0.39, 0.29) is 30.1 Å².